The van der Waals surface area contributed by atoms with Crippen molar-refractivity contribution in [3.05, 3.63) is 59.7 Å². The normalized spacial score (nSPS) is 30.1. The summed E-state index contributed by atoms with van der Waals surface area (Å²) in [5.41, 5.74) is 0.560. The highest BCUT2D eigenvalue weighted by Crippen LogP contribution is 2.43. The molecule has 13 heteroatoms. The van der Waals surface area contributed by atoms with E-state index in [2.05, 4.69) is 0 Å². The van der Waals surface area contributed by atoms with E-state index in [9.17, 15) is 45.0 Å². The fraction of sp³-hybridized carbons (Fsp3) is 0.485. The number of Topliss-reactive ketones (excluding diaryl/α,β-unsaturated/α-hetero) is 2. The van der Waals surface area contributed by atoms with Crippen molar-refractivity contribution >= 4 is 17.5 Å². The molecule has 0 radical (unpaired) electrons. The molecule has 1 saturated heterocycles. The van der Waals surface area contributed by atoms with Gasteiger partial charge in [-0.05, 0) is 43.4 Å². The number of aromatic hydroxyl groups is 2. The van der Waals surface area contributed by atoms with Gasteiger partial charge in [-0.25, -0.2) is 0 Å². The molecule has 9 atom stereocenters. The second-order valence-corrected chi connectivity index (χ2v) is 11.9. The summed E-state index contributed by atoms with van der Waals surface area (Å²) in [6.07, 6.45) is -4.93. The van der Waals surface area contributed by atoms with Crippen LogP contribution >= 0.6 is 0 Å². The fourth-order valence-electron chi connectivity index (χ4n) is 6.06. The van der Waals surface area contributed by atoms with Crippen molar-refractivity contribution in [3.8, 4) is 23.0 Å². The lowest BCUT2D eigenvalue weighted by Crippen LogP contribution is -2.60. The Morgan fingerprint density at radius 1 is 1.07 bits per heavy atom. The van der Waals surface area contributed by atoms with E-state index in [0.717, 1.165) is 6.07 Å². The Bertz CT molecular complexity index is 1450. The van der Waals surface area contributed by atoms with E-state index >= 15 is 0 Å². The molecule has 2 heterocycles. The number of rotatable bonds is 10. The van der Waals surface area contributed by atoms with Crippen LogP contribution in [0.4, 0.5) is 0 Å². The van der Waals surface area contributed by atoms with Crippen molar-refractivity contribution in [2.75, 3.05) is 6.61 Å². The largest absolute Gasteiger partial charge is 0.508 e. The van der Waals surface area contributed by atoms with Crippen LogP contribution in [-0.2, 0) is 19.1 Å². The SMILES string of the molecule is CC(O)/C=C\C[C@H]1C(=O)CC[C@@H]1CC(=O)OC[C@H]1O[C@@H](Oc2cc(O)c3c(c2)O[C@H](c2ccc(O)cc2)CC3=O)[C@H](O)[C@@H](O)[C@@H]1O. The Morgan fingerprint density at radius 3 is 2.52 bits per heavy atom. The standard InChI is InChI=1S/C33H38O13/c1-16(34)3-2-4-21-18(7-10-22(21)36)11-28(39)43-15-27-30(40)31(41)32(42)33(46-27)44-20-12-23(37)29-24(38)14-25(45-26(29)13-20)17-5-8-19(35)9-6-17/h2-3,5-6,8-9,12-13,16,18,21,25,27,30-35,37,40-42H,4,7,10-11,14-15H2,1H3/b3-2-/t16?,18-,21-,25+,27-,30-,31+,32-,33-/m1/s1. The van der Waals surface area contributed by atoms with Gasteiger partial charge in [-0.3, -0.25) is 14.4 Å². The molecule has 2 aliphatic heterocycles. The second kappa shape index (κ2) is 14.2. The number of carbonyl (C=O) groups excluding carboxylic acids is 3. The zero-order valence-corrected chi connectivity index (χ0v) is 25.1. The summed E-state index contributed by atoms with van der Waals surface area (Å²) < 4.78 is 22.7. The third kappa shape index (κ3) is 7.51. The van der Waals surface area contributed by atoms with Gasteiger partial charge in [0.25, 0.3) is 0 Å². The number of aliphatic hydroxyl groups is 4. The molecule has 1 aliphatic carbocycles. The van der Waals surface area contributed by atoms with Crippen molar-refractivity contribution in [2.45, 2.75) is 81.9 Å². The molecule has 0 amide bonds. The summed E-state index contributed by atoms with van der Waals surface area (Å²) in [4.78, 5) is 37.9. The van der Waals surface area contributed by atoms with Crippen LogP contribution in [0.5, 0.6) is 23.0 Å². The molecule has 2 aromatic carbocycles. The Morgan fingerprint density at radius 2 is 1.80 bits per heavy atom. The fourth-order valence-corrected chi connectivity index (χ4v) is 6.06. The summed E-state index contributed by atoms with van der Waals surface area (Å²) in [7, 11) is 0. The topological polar surface area (TPSA) is 210 Å². The predicted molar refractivity (Wildman–Crippen MR) is 158 cm³/mol. The van der Waals surface area contributed by atoms with Crippen LogP contribution in [0.3, 0.4) is 0 Å². The van der Waals surface area contributed by atoms with Gasteiger partial charge in [0.15, 0.2) is 5.78 Å². The number of carbonyl (C=O) groups is 3. The highest BCUT2D eigenvalue weighted by atomic mass is 16.7. The first kappa shape index (κ1) is 33.4. The molecule has 0 bridgehead atoms. The van der Waals surface area contributed by atoms with Gasteiger partial charge < -0.3 is 49.6 Å². The number of hydrogen-bond donors (Lipinski definition) is 6. The van der Waals surface area contributed by atoms with Crippen molar-refractivity contribution < 1.29 is 64.0 Å². The van der Waals surface area contributed by atoms with Crippen LogP contribution in [-0.4, -0.2) is 91.6 Å². The maximum absolute atomic E-state index is 12.8. The first-order valence-corrected chi connectivity index (χ1v) is 15.2. The summed E-state index contributed by atoms with van der Waals surface area (Å²) in [6, 6.07) is 8.56. The average molecular weight is 643 g/mol. The summed E-state index contributed by atoms with van der Waals surface area (Å²) in [5, 5.41) is 61.2. The number of allylic oxidation sites excluding steroid dienone is 1. The Labute approximate surface area is 264 Å². The third-order valence-electron chi connectivity index (χ3n) is 8.55. The highest BCUT2D eigenvalue weighted by Gasteiger charge is 2.46. The maximum Gasteiger partial charge on any atom is 0.306 e. The number of hydrogen-bond acceptors (Lipinski definition) is 13. The molecule has 46 heavy (non-hydrogen) atoms. The molecule has 0 aromatic heterocycles. The molecule has 1 saturated carbocycles. The minimum absolute atomic E-state index is 0.00532. The van der Waals surface area contributed by atoms with Gasteiger partial charge in [0.2, 0.25) is 6.29 Å². The van der Waals surface area contributed by atoms with Crippen molar-refractivity contribution in [1.82, 2.24) is 0 Å². The van der Waals surface area contributed by atoms with E-state index in [4.69, 9.17) is 18.9 Å². The van der Waals surface area contributed by atoms with Crippen molar-refractivity contribution in [1.29, 1.82) is 0 Å². The summed E-state index contributed by atoms with van der Waals surface area (Å²) in [6.45, 7) is 1.11. The molecule has 2 aromatic rings. The molecule has 248 valence electrons. The molecule has 1 unspecified atom stereocenters. The van der Waals surface area contributed by atoms with Gasteiger partial charge in [0, 0.05) is 30.9 Å². The number of ketones is 2. The molecule has 5 rings (SSSR count). The van der Waals surface area contributed by atoms with Gasteiger partial charge in [-0.1, -0.05) is 24.3 Å². The van der Waals surface area contributed by atoms with Crippen LogP contribution in [0.2, 0.25) is 0 Å². The summed E-state index contributed by atoms with van der Waals surface area (Å²) >= 11 is 0. The number of phenols is 2. The number of esters is 1. The van der Waals surface area contributed by atoms with E-state index in [1.807, 2.05) is 0 Å². The molecular weight excluding hydrogens is 604 g/mol. The average Bonchev–Trinajstić information content (AvgIpc) is 3.34. The van der Waals surface area contributed by atoms with Crippen LogP contribution in [0.25, 0.3) is 0 Å². The lowest BCUT2D eigenvalue weighted by Gasteiger charge is -2.40. The first-order chi connectivity index (χ1) is 21.9. The zero-order chi connectivity index (χ0) is 33.1. The van der Waals surface area contributed by atoms with Crippen LogP contribution < -0.4 is 9.47 Å². The second-order valence-electron chi connectivity index (χ2n) is 11.9. The van der Waals surface area contributed by atoms with E-state index in [-0.39, 0.29) is 59.1 Å². The molecular formula is C33H38O13. The summed E-state index contributed by atoms with van der Waals surface area (Å²) in [5.74, 6) is -2.09. The Kier molecular flexibility index (Phi) is 10.3. The van der Waals surface area contributed by atoms with Crippen LogP contribution in [0.15, 0.2) is 48.6 Å². The molecule has 13 nitrogen and oxygen atoms in total. The molecule has 0 spiro atoms. The Balaban J connectivity index is 1.22. The number of phenolic OH excluding ortho intramolecular Hbond substituents is 2. The van der Waals surface area contributed by atoms with E-state index in [1.165, 1.54) is 18.2 Å². The van der Waals surface area contributed by atoms with Gasteiger partial charge >= 0.3 is 5.97 Å². The van der Waals surface area contributed by atoms with E-state index < -0.39 is 61.2 Å². The van der Waals surface area contributed by atoms with Gasteiger partial charge in [0.1, 0.15) is 71.5 Å². The van der Waals surface area contributed by atoms with Gasteiger partial charge in [-0.2, -0.15) is 0 Å². The first-order valence-electron chi connectivity index (χ1n) is 15.2. The third-order valence-corrected chi connectivity index (χ3v) is 8.55. The van der Waals surface area contributed by atoms with Crippen molar-refractivity contribution in [3.63, 3.8) is 0 Å². The number of aliphatic hydroxyl groups excluding tert-OH is 4. The lowest BCUT2D eigenvalue weighted by molar-refractivity contribution is -0.278. The highest BCUT2D eigenvalue weighted by molar-refractivity contribution is 6.02. The predicted octanol–water partition coefficient (Wildman–Crippen LogP) is 1.85. The minimum Gasteiger partial charge on any atom is -0.508 e. The smallest absolute Gasteiger partial charge is 0.306 e. The quantitative estimate of drug-likeness (QED) is 0.162. The number of ether oxygens (including phenoxy) is 4. The van der Waals surface area contributed by atoms with E-state index in [0.29, 0.717) is 24.8 Å². The van der Waals surface area contributed by atoms with Gasteiger partial charge in [0.05, 0.1) is 12.5 Å². The van der Waals surface area contributed by atoms with Gasteiger partial charge in [-0.15, -0.1) is 0 Å². The molecule has 3 aliphatic rings. The zero-order valence-electron chi connectivity index (χ0n) is 25.1. The minimum atomic E-state index is -1.75. The Hall–Kier alpha value is -4.01. The maximum atomic E-state index is 12.8. The molecule has 6 N–H and O–H groups in total. The monoisotopic (exact) mass is 642 g/mol. The van der Waals surface area contributed by atoms with Crippen LogP contribution in [0.1, 0.15) is 61.1 Å². The van der Waals surface area contributed by atoms with E-state index in [1.54, 1.807) is 31.2 Å². The number of benzene rings is 2. The van der Waals surface area contributed by atoms with Crippen LogP contribution in [0, 0.1) is 11.8 Å². The van der Waals surface area contributed by atoms with Crippen molar-refractivity contribution in [2.24, 2.45) is 11.8 Å². The lowest BCUT2D eigenvalue weighted by atomic mass is 9.89. The number of fused-ring (bicyclic) bond motifs is 1. The molecule has 2 fully saturated rings.